The summed E-state index contributed by atoms with van der Waals surface area (Å²) in [5.41, 5.74) is 8.35. The van der Waals surface area contributed by atoms with Crippen LogP contribution in [0.25, 0.3) is 0 Å². The molecule has 0 bridgehead atoms. The van der Waals surface area contributed by atoms with Crippen molar-refractivity contribution in [3.8, 4) is 5.75 Å². The van der Waals surface area contributed by atoms with Crippen molar-refractivity contribution < 1.29 is 4.74 Å². The van der Waals surface area contributed by atoms with Gasteiger partial charge in [-0.3, -0.25) is 0 Å². The van der Waals surface area contributed by atoms with Crippen LogP contribution in [0, 0.1) is 6.92 Å². The summed E-state index contributed by atoms with van der Waals surface area (Å²) in [4.78, 5) is 4.33. The second-order valence-electron chi connectivity index (χ2n) is 5.63. The fourth-order valence-corrected chi connectivity index (χ4v) is 2.22. The lowest BCUT2D eigenvalue weighted by molar-refractivity contribution is 0.230. The number of nitrogens with two attached hydrogens (primary N) is 1. The van der Waals surface area contributed by atoms with Crippen molar-refractivity contribution in [2.24, 2.45) is 10.7 Å². The molecule has 0 saturated carbocycles. The molecular weight excluding hydrogens is 413 g/mol. The molecule has 24 heavy (non-hydrogen) atoms. The number of hydrogen-bond donors (Lipinski definition) is 2. The maximum absolute atomic E-state index is 5.89. The predicted octanol–water partition coefficient (Wildman–Crippen LogP) is 3.53. The van der Waals surface area contributed by atoms with Gasteiger partial charge in [-0.15, -0.1) is 24.0 Å². The number of benzene rings is 2. The zero-order valence-corrected chi connectivity index (χ0v) is 16.6. The minimum absolute atomic E-state index is 0. The van der Waals surface area contributed by atoms with Gasteiger partial charge in [-0.2, -0.15) is 0 Å². The molecule has 0 saturated heterocycles. The summed E-state index contributed by atoms with van der Waals surface area (Å²) < 4.78 is 5.83. The molecule has 0 fully saturated rings. The third-order valence-electron chi connectivity index (χ3n) is 3.41. The minimum atomic E-state index is -0.0220. The maximum Gasteiger partial charge on any atom is 0.188 e. The molecule has 0 aliphatic heterocycles. The van der Waals surface area contributed by atoms with Gasteiger partial charge in [0.2, 0.25) is 0 Å². The van der Waals surface area contributed by atoms with Crippen LogP contribution in [0.3, 0.4) is 0 Å². The summed E-state index contributed by atoms with van der Waals surface area (Å²) in [6.07, 6.45) is 0.901. The average molecular weight is 439 g/mol. The van der Waals surface area contributed by atoms with Gasteiger partial charge in [0.1, 0.15) is 11.9 Å². The van der Waals surface area contributed by atoms with Gasteiger partial charge in [0.25, 0.3) is 0 Å². The number of nitrogens with one attached hydrogen (secondary N) is 1. The molecule has 0 amide bonds. The highest BCUT2D eigenvalue weighted by Gasteiger charge is 2.03. The number of ether oxygens (including phenoxy) is 1. The number of aryl methyl sites for hydroxylation is 1. The highest BCUT2D eigenvalue weighted by Crippen LogP contribution is 2.14. The largest absolute Gasteiger partial charge is 0.489 e. The van der Waals surface area contributed by atoms with Gasteiger partial charge >= 0.3 is 0 Å². The van der Waals surface area contributed by atoms with Gasteiger partial charge < -0.3 is 15.8 Å². The van der Waals surface area contributed by atoms with E-state index in [2.05, 4.69) is 22.4 Å². The van der Waals surface area contributed by atoms with E-state index in [4.69, 9.17) is 10.5 Å². The van der Waals surface area contributed by atoms with Crippen molar-refractivity contribution in [2.45, 2.75) is 26.4 Å². The summed E-state index contributed by atoms with van der Waals surface area (Å²) in [6, 6.07) is 18.3. The molecular formula is C19H26IN3O. The maximum atomic E-state index is 5.89. The topological polar surface area (TPSA) is 59.6 Å². The zero-order valence-electron chi connectivity index (χ0n) is 14.2. The Morgan fingerprint density at radius 1 is 1.17 bits per heavy atom. The van der Waals surface area contributed by atoms with Crippen LogP contribution in [0.5, 0.6) is 5.75 Å². The van der Waals surface area contributed by atoms with Gasteiger partial charge in [0.15, 0.2) is 5.96 Å². The van der Waals surface area contributed by atoms with Crippen LogP contribution in [0.2, 0.25) is 0 Å². The zero-order chi connectivity index (χ0) is 16.5. The van der Waals surface area contributed by atoms with E-state index in [-0.39, 0.29) is 30.1 Å². The molecule has 4 nitrogen and oxygen atoms in total. The summed E-state index contributed by atoms with van der Waals surface area (Å²) in [5, 5.41) is 3.13. The lowest BCUT2D eigenvalue weighted by Crippen LogP contribution is -2.34. The standard InChI is InChI=1S/C19H25N3O.HI/c1-15-7-6-10-18(13-15)23-16(2)14-22-19(20)21-12-11-17-8-4-3-5-9-17;/h3-10,13,16H,11-12,14H2,1-2H3,(H3,20,21,22);1H. The highest BCUT2D eigenvalue weighted by atomic mass is 127. The van der Waals surface area contributed by atoms with Gasteiger partial charge in [-0.1, -0.05) is 42.5 Å². The normalized spacial score (nSPS) is 12.2. The lowest BCUT2D eigenvalue weighted by Gasteiger charge is -2.13. The fraction of sp³-hybridized carbons (Fsp3) is 0.316. The van der Waals surface area contributed by atoms with Crippen molar-refractivity contribution >= 4 is 29.9 Å². The Bertz CT molecular complexity index is 632. The van der Waals surface area contributed by atoms with E-state index in [1.165, 1.54) is 11.1 Å². The molecule has 3 N–H and O–H groups in total. The third kappa shape index (κ3) is 7.68. The Morgan fingerprint density at radius 3 is 2.62 bits per heavy atom. The van der Waals surface area contributed by atoms with Crippen LogP contribution in [-0.4, -0.2) is 25.2 Å². The molecule has 0 aliphatic rings. The van der Waals surface area contributed by atoms with E-state index in [0.29, 0.717) is 12.5 Å². The SMILES string of the molecule is Cc1cccc(OC(C)CN=C(N)NCCc2ccccc2)c1.I. The minimum Gasteiger partial charge on any atom is -0.489 e. The molecule has 2 aromatic rings. The first-order valence-corrected chi connectivity index (χ1v) is 7.94. The average Bonchev–Trinajstić information content (AvgIpc) is 2.54. The van der Waals surface area contributed by atoms with Crippen molar-refractivity contribution in [3.05, 3.63) is 65.7 Å². The number of halogens is 1. The second-order valence-corrected chi connectivity index (χ2v) is 5.63. The Kier molecular flexibility index (Phi) is 9.22. The Balaban J connectivity index is 0.00000288. The summed E-state index contributed by atoms with van der Waals surface area (Å²) in [7, 11) is 0. The van der Waals surface area contributed by atoms with Crippen LogP contribution in [0.15, 0.2) is 59.6 Å². The number of guanidine groups is 1. The van der Waals surface area contributed by atoms with Gasteiger partial charge in [-0.25, -0.2) is 4.99 Å². The number of aliphatic imine (C=N–C) groups is 1. The quantitative estimate of drug-likeness (QED) is 0.394. The number of hydrogen-bond acceptors (Lipinski definition) is 2. The van der Waals surface area contributed by atoms with Crippen LogP contribution in [0.1, 0.15) is 18.1 Å². The first kappa shape index (κ1) is 20.3. The van der Waals surface area contributed by atoms with E-state index in [1.807, 2.05) is 56.3 Å². The highest BCUT2D eigenvalue weighted by molar-refractivity contribution is 14.0. The predicted molar refractivity (Wildman–Crippen MR) is 111 cm³/mol. The third-order valence-corrected chi connectivity index (χ3v) is 3.41. The fourth-order valence-electron chi connectivity index (χ4n) is 2.22. The lowest BCUT2D eigenvalue weighted by atomic mass is 10.1. The van der Waals surface area contributed by atoms with Crippen molar-refractivity contribution in [1.29, 1.82) is 0 Å². The van der Waals surface area contributed by atoms with Gasteiger partial charge in [0.05, 0.1) is 6.54 Å². The van der Waals surface area contributed by atoms with Gasteiger partial charge in [-0.05, 0) is 43.5 Å². The van der Waals surface area contributed by atoms with Crippen molar-refractivity contribution in [3.63, 3.8) is 0 Å². The molecule has 130 valence electrons. The first-order valence-electron chi connectivity index (χ1n) is 7.94. The first-order chi connectivity index (χ1) is 11.1. The molecule has 0 heterocycles. The van der Waals surface area contributed by atoms with E-state index in [1.54, 1.807) is 0 Å². The number of nitrogens with zero attached hydrogens (tertiary/aromatic N) is 1. The second kappa shape index (κ2) is 10.9. The Hall–Kier alpha value is -1.76. The number of rotatable bonds is 7. The molecule has 0 aromatic heterocycles. The molecule has 1 unspecified atom stereocenters. The monoisotopic (exact) mass is 439 g/mol. The van der Waals surface area contributed by atoms with Crippen LogP contribution >= 0.6 is 24.0 Å². The van der Waals surface area contributed by atoms with E-state index >= 15 is 0 Å². The van der Waals surface area contributed by atoms with E-state index in [0.717, 1.165) is 18.7 Å². The molecule has 0 radical (unpaired) electrons. The molecule has 1 atom stereocenters. The Morgan fingerprint density at radius 2 is 1.92 bits per heavy atom. The summed E-state index contributed by atoms with van der Waals surface area (Å²) >= 11 is 0. The van der Waals surface area contributed by atoms with Crippen LogP contribution in [0.4, 0.5) is 0 Å². The molecule has 0 spiro atoms. The molecule has 0 aliphatic carbocycles. The smallest absolute Gasteiger partial charge is 0.188 e. The summed E-state index contributed by atoms with van der Waals surface area (Å²) in [5.74, 6) is 1.32. The van der Waals surface area contributed by atoms with Gasteiger partial charge in [0, 0.05) is 6.54 Å². The summed E-state index contributed by atoms with van der Waals surface area (Å²) in [6.45, 7) is 5.33. The molecule has 2 rings (SSSR count). The molecule has 2 aromatic carbocycles. The van der Waals surface area contributed by atoms with E-state index < -0.39 is 0 Å². The van der Waals surface area contributed by atoms with Crippen LogP contribution < -0.4 is 15.8 Å². The van der Waals surface area contributed by atoms with Crippen LogP contribution in [-0.2, 0) is 6.42 Å². The van der Waals surface area contributed by atoms with Crippen molar-refractivity contribution in [1.82, 2.24) is 5.32 Å². The Labute approximate surface area is 161 Å². The molecule has 5 heteroatoms. The van der Waals surface area contributed by atoms with E-state index in [9.17, 15) is 0 Å². The van der Waals surface area contributed by atoms with Crippen molar-refractivity contribution in [2.75, 3.05) is 13.1 Å².